The number of carbonyl (C=O) groups is 2. The van der Waals surface area contributed by atoms with Crippen molar-refractivity contribution >= 4 is 11.8 Å². The number of para-hydroxylation sites is 1. The molecule has 9 nitrogen and oxygen atoms in total. The Morgan fingerprint density at radius 3 is 2.58 bits per heavy atom. The Morgan fingerprint density at radius 2 is 1.84 bits per heavy atom. The molecule has 43 heavy (non-hydrogen) atoms. The highest BCUT2D eigenvalue weighted by Gasteiger charge is 2.36. The van der Waals surface area contributed by atoms with Crippen LogP contribution in [0.1, 0.15) is 45.8 Å². The van der Waals surface area contributed by atoms with E-state index in [2.05, 4.69) is 15.6 Å². The van der Waals surface area contributed by atoms with E-state index in [9.17, 15) is 23.5 Å². The number of carbonyl (C=O) groups excluding carboxylic acids is 2. The van der Waals surface area contributed by atoms with Gasteiger partial charge in [0.25, 0.3) is 11.8 Å². The maximum Gasteiger partial charge on any atom is 0.272 e. The summed E-state index contributed by atoms with van der Waals surface area (Å²) in [5.41, 5.74) is 0.381. The van der Waals surface area contributed by atoms with Crippen molar-refractivity contribution < 1.29 is 33.0 Å². The lowest BCUT2D eigenvalue weighted by molar-refractivity contribution is 0.0624. The summed E-state index contributed by atoms with van der Waals surface area (Å²) in [6.45, 7) is 1.46. The summed E-state index contributed by atoms with van der Waals surface area (Å²) >= 11 is 0. The van der Waals surface area contributed by atoms with Crippen molar-refractivity contribution in [3.8, 4) is 5.75 Å². The molecule has 0 saturated carbocycles. The molecule has 3 heterocycles. The molecular formula is C32H36F2N4O5. The van der Waals surface area contributed by atoms with Gasteiger partial charge in [-0.3, -0.25) is 9.59 Å². The van der Waals surface area contributed by atoms with E-state index in [1.807, 2.05) is 30.3 Å². The first-order valence-corrected chi connectivity index (χ1v) is 14.5. The van der Waals surface area contributed by atoms with Gasteiger partial charge >= 0.3 is 0 Å². The molecule has 3 aromatic rings. The number of hydrogen-bond donors (Lipinski definition) is 3. The predicted octanol–water partition coefficient (Wildman–Crippen LogP) is 3.12. The van der Waals surface area contributed by atoms with Gasteiger partial charge in [0.2, 0.25) is 0 Å². The number of hydrogen-bond acceptors (Lipinski definition) is 7. The average molecular weight is 595 g/mol. The molecule has 0 spiro atoms. The van der Waals surface area contributed by atoms with Crippen molar-refractivity contribution in [3.05, 3.63) is 95.3 Å². The molecular weight excluding hydrogens is 558 g/mol. The van der Waals surface area contributed by atoms with E-state index in [1.54, 1.807) is 24.1 Å². The molecule has 0 bridgehead atoms. The number of methoxy groups -OCH3 is 1. The average Bonchev–Trinajstić information content (AvgIpc) is 3.66. The standard InChI is InChI=1S/C32H36F2N4O5/c1-42-19-23-7-6-12-38(23)32(41)27-11-5-10-26(36-27)31(40)37-29(15-20-13-21(33)16-22(34)14-20)30(39)28-17-25(18-35-28)43-24-8-3-2-4-9-24/h2-5,8-11,13-14,16,23,25,28-30,35,39H,6-7,12,15,17-19H2,1H3,(H,37,40)/t23-,25-,28-,29+,30-/m1/s1. The van der Waals surface area contributed by atoms with E-state index >= 15 is 0 Å². The van der Waals surface area contributed by atoms with Gasteiger partial charge < -0.3 is 30.1 Å². The van der Waals surface area contributed by atoms with Crippen molar-refractivity contribution in [2.75, 3.05) is 26.8 Å². The van der Waals surface area contributed by atoms with Crippen LogP contribution in [0.4, 0.5) is 8.78 Å². The van der Waals surface area contributed by atoms with Gasteiger partial charge in [-0.2, -0.15) is 0 Å². The third-order valence-electron chi connectivity index (χ3n) is 7.89. The second-order valence-corrected chi connectivity index (χ2v) is 11.0. The molecule has 11 heteroatoms. The summed E-state index contributed by atoms with van der Waals surface area (Å²) in [5.74, 6) is -1.73. The normalized spacial score (nSPS) is 21.4. The van der Waals surface area contributed by atoms with E-state index in [1.165, 1.54) is 18.2 Å². The SMILES string of the molecule is COC[C@H]1CCCN1C(=O)c1cccc(C(=O)N[C@@H](Cc2cc(F)cc(F)c2)[C@H](O)[C@H]2C[C@@H](Oc3ccccc3)CN2)n1. The molecule has 2 aliphatic rings. The van der Waals surface area contributed by atoms with Crippen LogP contribution in [-0.4, -0.2) is 83.9 Å². The first-order valence-electron chi connectivity index (χ1n) is 14.5. The Balaban J connectivity index is 1.32. The minimum Gasteiger partial charge on any atom is -0.489 e. The molecule has 2 saturated heterocycles. The smallest absolute Gasteiger partial charge is 0.272 e. The minimum atomic E-state index is -1.14. The Labute approximate surface area is 249 Å². The molecule has 0 aliphatic carbocycles. The zero-order valence-electron chi connectivity index (χ0n) is 23.9. The lowest BCUT2D eigenvalue weighted by Crippen LogP contribution is -2.52. The van der Waals surface area contributed by atoms with Crippen molar-refractivity contribution in [1.29, 1.82) is 0 Å². The zero-order chi connectivity index (χ0) is 30.3. The van der Waals surface area contributed by atoms with Gasteiger partial charge in [0.15, 0.2) is 0 Å². The molecule has 2 aliphatic heterocycles. The van der Waals surface area contributed by atoms with Crippen molar-refractivity contribution in [2.24, 2.45) is 0 Å². The van der Waals surface area contributed by atoms with E-state index in [-0.39, 0.29) is 41.4 Å². The van der Waals surface area contributed by atoms with Crippen LogP contribution < -0.4 is 15.4 Å². The monoisotopic (exact) mass is 594 g/mol. The van der Waals surface area contributed by atoms with Gasteiger partial charge in [-0.1, -0.05) is 24.3 Å². The van der Waals surface area contributed by atoms with Gasteiger partial charge in [-0.05, 0) is 61.2 Å². The molecule has 2 aromatic carbocycles. The number of aromatic nitrogens is 1. The van der Waals surface area contributed by atoms with Crippen LogP contribution in [0.5, 0.6) is 5.75 Å². The molecule has 2 fully saturated rings. The molecule has 5 atom stereocenters. The number of aliphatic hydroxyl groups is 1. The number of nitrogens with one attached hydrogen (secondary N) is 2. The molecule has 0 radical (unpaired) electrons. The Hall–Kier alpha value is -3.93. The molecule has 0 unspecified atom stereocenters. The van der Waals surface area contributed by atoms with Gasteiger partial charge in [0, 0.05) is 38.7 Å². The van der Waals surface area contributed by atoms with Crippen LogP contribution in [0.15, 0.2) is 66.7 Å². The largest absolute Gasteiger partial charge is 0.489 e. The quantitative estimate of drug-likeness (QED) is 0.313. The Kier molecular flexibility index (Phi) is 9.96. The third kappa shape index (κ3) is 7.73. The van der Waals surface area contributed by atoms with Crippen LogP contribution in [0.2, 0.25) is 0 Å². The lowest BCUT2D eigenvalue weighted by Gasteiger charge is -2.29. The number of amides is 2. The minimum absolute atomic E-state index is 0.0133. The van der Waals surface area contributed by atoms with Crippen molar-refractivity contribution in [1.82, 2.24) is 20.5 Å². The number of nitrogens with zero attached hydrogens (tertiary/aromatic N) is 2. The van der Waals surface area contributed by atoms with Gasteiger partial charge in [-0.15, -0.1) is 0 Å². The van der Waals surface area contributed by atoms with E-state index in [0.717, 1.165) is 18.9 Å². The zero-order valence-corrected chi connectivity index (χ0v) is 23.9. The van der Waals surface area contributed by atoms with Crippen LogP contribution in [-0.2, 0) is 11.2 Å². The summed E-state index contributed by atoms with van der Waals surface area (Å²) in [6.07, 6.45) is 0.722. The molecule has 1 aromatic heterocycles. The third-order valence-corrected chi connectivity index (χ3v) is 7.89. The highest BCUT2D eigenvalue weighted by molar-refractivity contribution is 5.96. The molecule has 5 rings (SSSR count). The lowest BCUT2D eigenvalue weighted by atomic mass is 9.94. The van der Waals surface area contributed by atoms with Crippen LogP contribution in [0, 0.1) is 11.6 Å². The van der Waals surface area contributed by atoms with Gasteiger partial charge in [0.1, 0.15) is 34.9 Å². The fraction of sp³-hybridized carbons (Fsp3) is 0.406. The summed E-state index contributed by atoms with van der Waals surface area (Å²) in [7, 11) is 1.59. The number of ether oxygens (including phenoxy) is 2. The molecule has 3 N–H and O–H groups in total. The summed E-state index contributed by atoms with van der Waals surface area (Å²) in [6, 6.07) is 15.6. The summed E-state index contributed by atoms with van der Waals surface area (Å²) in [5, 5.41) is 17.5. The van der Waals surface area contributed by atoms with E-state index in [0.29, 0.717) is 31.9 Å². The fourth-order valence-electron chi connectivity index (χ4n) is 5.83. The maximum atomic E-state index is 14.0. The fourth-order valence-corrected chi connectivity index (χ4v) is 5.83. The Bertz CT molecular complexity index is 1390. The number of aliphatic hydroxyl groups excluding tert-OH is 1. The highest BCUT2D eigenvalue weighted by atomic mass is 19.1. The topological polar surface area (TPSA) is 113 Å². The highest BCUT2D eigenvalue weighted by Crippen LogP contribution is 2.22. The van der Waals surface area contributed by atoms with Crippen LogP contribution >= 0.6 is 0 Å². The molecule has 228 valence electrons. The maximum absolute atomic E-state index is 14.0. The number of pyridine rings is 1. The van der Waals surface area contributed by atoms with E-state index < -0.39 is 35.7 Å². The number of rotatable bonds is 11. The predicted molar refractivity (Wildman–Crippen MR) is 155 cm³/mol. The van der Waals surface area contributed by atoms with Crippen molar-refractivity contribution in [3.63, 3.8) is 0 Å². The summed E-state index contributed by atoms with van der Waals surface area (Å²) in [4.78, 5) is 32.7. The van der Waals surface area contributed by atoms with E-state index in [4.69, 9.17) is 9.47 Å². The van der Waals surface area contributed by atoms with Gasteiger partial charge in [0.05, 0.1) is 24.8 Å². The number of benzene rings is 2. The number of likely N-dealkylation sites (tertiary alicyclic amines) is 1. The molecule has 2 amide bonds. The van der Waals surface area contributed by atoms with Crippen LogP contribution in [0.3, 0.4) is 0 Å². The second-order valence-electron chi connectivity index (χ2n) is 11.0. The second kappa shape index (κ2) is 14.0. The Morgan fingerprint density at radius 1 is 1.09 bits per heavy atom. The first kappa shape index (κ1) is 30.5. The number of halogens is 2. The van der Waals surface area contributed by atoms with Gasteiger partial charge in [-0.25, -0.2) is 13.8 Å². The van der Waals surface area contributed by atoms with Crippen molar-refractivity contribution in [2.45, 2.75) is 56.0 Å². The van der Waals surface area contributed by atoms with Crippen LogP contribution in [0.25, 0.3) is 0 Å². The summed E-state index contributed by atoms with van der Waals surface area (Å²) < 4.78 is 39.3. The first-order chi connectivity index (χ1) is 20.8.